The van der Waals surface area contributed by atoms with Gasteiger partial charge in [-0.15, -0.1) is 0 Å². The molecule has 0 atom stereocenters. The molecular weight excluding hydrogens is 493 g/mol. The van der Waals surface area contributed by atoms with Crippen LogP contribution in [-0.4, -0.2) is 30.2 Å². The second-order valence-electron chi connectivity index (χ2n) is 7.20. The van der Waals surface area contributed by atoms with Crippen molar-refractivity contribution in [1.82, 2.24) is 10.3 Å². The SMILES string of the molecule is COc1cc2nccc(Oc3ccc(NC(=S)NC(=O)c4cccc(F)c4)c(Cl)c3)c2cc1OC. The quantitative estimate of drug-likeness (QED) is 0.309. The molecule has 0 aliphatic carbocycles. The zero-order valence-electron chi connectivity index (χ0n) is 18.6. The zero-order valence-corrected chi connectivity index (χ0v) is 20.2. The number of aromatic nitrogens is 1. The van der Waals surface area contributed by atoms with Crippen LogP contribution in [0.2, 0.25) is 5.02 Å². The molecular formula is C25H19ClFN3O4S. The third-order valence-electron chi connectivity index (χ3n) is 4.94. The fraction of sp³-hybridized carbons (Fsp3) is 0.0800. The van der Waals surface area contributed by atoms with Crippen molar-refractivity contribution in [2.75, 3.05) is 19.5 Å². The van der Waals surface area contributed by atoms with Gasteiger partial charge in [-0.05, 0) is 54.7 Å². The topological polar surface area (TPSA) is 81.7 Å². The zero-order chi connectivity index (χ0) is 24.9. The summed E-state index contributed by atoms with van der Waals surface area (Å²) in [6.07, 6.45) is 1.63. The van der Waals surface area contributed by atoms with E-state index in [0.717, 1.165) is 11.5 Å². The van der Waals surface area contributed by atoms with Crippen LogP contribution in [-0.2, 0) is 0 Å². The minimum absolute atomic E-state index is 0.0102. The molecule has 3 aromatic carbocycles. The van der Waals surface area contributed by atoms with Crippen molar-refractivity contribution < 1.29 is 23.4 Å². The van der Waals surface area contributed by atoms with Gasteiger partial charge in [0.2, 0.25) is 0 Å². The van der Waals surface area contributed by atoms with Gasteiger partial charge in [-0.25, -0.2) is 4.39 Å². The van der Waals surface area contributed by atoms with Gasteiger partial charge in [0.1, 0.15) is 17.3 Å². The van der Waals surface area contributed by atoms with Crippen molar-refractivity contribution >= 4 is 51.4 Å². The van der Waals surface area contributed by atoms with Crippen LogP contribution in [0.4, 0.5) is 10.1 Å². The lowest BCUT2D eigenvalue weighted by Gasteiger charge is -2.14. The number of halogens is 2. The molecule has 0 radical (unpaired) electrons. The summed E-state index contributed by atoms with van der Waals surface area (Å²) in [5, 5.41) is 6.39. The second-order valence-corrected chi connectivity index (χ2v) is 8.01. The van der Waals surface area contributed by atoms with E-state index in [2.05, 4.69) is 15.6 Å². The summed E-state index contributed by atoms with van der Waals surface area (Å²) in [6, 6.07) is 15.5. The van der Waals surface area contributed by atoms with Crippen molar-refractivity contribution in [3.8, 4) is 23.0 Å². The van der Waals surface area contributed by atoms with Gasteiger partial charge in [-0.2, -0.15) is 0 Å². The van der Waals surface area contributed by atoms with E-state index in [0.29, 0.717) is 39.2 Å². The van der Waals surface area contributed by atoms with Gasteiger partial charge in [0.05, 0.1) is 30.4 Å². The first-order valence-corrected chi connectivity index (χ1v) is 11.0. The number of amides is 1. The monoisotopic (exact) mass is 511 g/mol. The Morgan fingerprint density at radius 2 is 1.77 bits per heavy atom. The van der Waals surface area contributed by atoms with E-state index < -0.39 is 11.7 Å². The first-order chi connectivity index (χ1) is 16.9. The molecule has 178 valence electrons. The molecule has 0 saturated carbocycles. The molecule has 0 bridgehead atoms. The number of nitrogens with zero attached hydrogens (tertiary/aromatic N) is 1. The van der Waals surface area contributed by atoms with E-state index >= 15 is 0 Å². The molecule has 0 aliphatic rings. The number of hydrogen-bond acceptors (Lipinski definition) is 6. The molecule has 4 aromatic rings. The Hall–Kier alpha value is -3.95. The lowest BCUT2D eigenvalue weighted by Crippen LogP contribution is -2.34. The van der Waals surface area contributed by atoms with Gasteiger partial charge in [-0.1, -0.05) is 17.7 Å². The first kappa shape index (κ1) is 24.2. The molecule has 4 rings (SSSR count). The summed E-state index contributed by atoms with van der Waals surface area (Å²) in [6.45, 7) is 0. The molecule has 0 saturated heterocycles. The number of anilines is 1. The van der Waals surface area contributed by atoms with Crippen LogP contribution in [0.1, 0.15) is 10.4 Å². The Kier molecular flexibility index (Phi) is 7.28. The highest BCUT2D eigenvalue weighted by Gasteiger charge is 2.13. The van der Waals surface area contributed by atoms with E-state index in [1.807, 2.05) is 0 Å². The molecule has 1 heterocycles. The van der Waals surface area contributed by atoms with Gasteiger partial charge in [0.15, 0.2) is 16.6 Å². The Balaban J connectivity index is 1.49. The number of nitrogens with one attached hydrogen (secondary N) is 2. The average molecular weight is 512 g/mol. The minimum Gasteiger partial charge on any atom is -0.493 e. The number of fused-ring (bicyclic) bond motifs is 1. The molecule has 7 nitrogen and oxygen atoms in total. The summed E-state index contributed by atoms with van der Waals surface area (Å²) in [5.74, 6) is 1.06. The number of thiocarbonyl (C=S) groups is 1. The van der Waals surface area contributed by atoms with Crippen LogP contribution in [0.15, 0.2) is 66.9 Å². The number of pyridine rings is 1. The smallest absolute Gasteiger partial charge is 0.257 e. The van der Waals surface area contributed by atoms with E-state index in [1.54, 1.807) is 56.8 Å². The summed E-state index contributed by atoms with van der Waals surface area (Å²) >= 11 is 11.6. The van der Waals surface area contributed by atoms with E-state index in [9.17, 15) is 9.18 Å². The van der Waals surface area contributed by atoms with Crippen LogP contribution in [0.3, 0.4) is 0 Å². The number of hydrogen-bond donors (Lipinski definition) is 2. The van der Waals surface area contributed by atoms with E-state index in [1.165, 1.54) is 18.2 Å². The standard InChI is InChI=1S/C25H19ClFN3O4S/c1-32-22-12-17-20(13-23(22)33-2)28-9-8-21(17)34-16-6-7-19(18(26)11-16)29-25(35)30-24(31)14-4-3-5-15(27)10-14/h3-13H,1-2H3,(H2,29,30,31,35). The van der Waals surface area contributed by atoms with Crippen LogP contribution in [0, 0.1) is 5.82 Å². The van der Waals surface area contributed by atoms with Crippen molar-refractivity contribution in [2.24, 2.45) is 0 Å². The predicted molar refractivity (Wildman–Crippen MR) is 136 cm³/mol. The largest absolute Gasteiger partial charge is 0.493 e. The molecule has 0 fully saturated rings. The second kappa shape index (κ2) is 10.5. The molecule has 0 unspecified atom stereocenters. The van der Waals surface area contributed by atoms with Gasteiger partial charge in [-0.3, -0.25) is 15.1 Å². The molecule has 1 amide bonds. The van der Waals surface area contributed by atoms with Crippen molar-refractivity contribution in [3.05, 3.63) is 83.3 Å². The third-order valence-corrected chi connectivity index (χ3v) is 5.45. The maximum Gasteiger partial charge on any atom is 0.257 e. The predicted octanol–water partition coefficient (Wildman–Crippen LogP) is 5.96. The fourth-order valence-corrected chi connectivity index (χ4v) is 3.70. The maximum atomic E-state index is 13.3. The lowest BCUT2D eigenvalue weighted by atomic mass is 10.2. The lowest BCUT2D eigenvalue weighted by molar-refractivity contribution is 0.0977. The number of carbonyl (C=O) groups is 1. The summed E-state index contributed by atoms with van der Waals surface area (Å²) in [5.41, 5.74) is 1.27. The van der Waals surface area contributed by atoms with Crippen molar-refractivity contribution in [1.29, 1.82) is 0 Å². The Labute approximate surface area is 210 Å². The minimum atomic E-state index is -0.547. The van der Waals surface area contributed by atoms with Crippen LogP contribution in [0.25, 0.3) is 10.9 Å². The van der Waals surface area contributed by atoms with Gasteiger partial charge < -0.3 is 19.5 Å². The highest BCUT2D eigenvalue weighted by atomic mass is 35.5. The normalized spacial score (nSPS) is 10.5. The maximum absolute atomic E-state index is 13.3. The van der Waals surface area contributed by atoms with Crippen LogP contribution >= 0.6 is 23.8 Å². The molecule has 1 aromatic heterocycles. The Morgan fingerprint density at radius 3 is 2.49 bits per heavy atom. The molecule has 0 aliphatic heterocycles. The fourth-order valence-electron chi connectivity index (χ4n) is 3.28. The highest BCUT2D eigenvalue weighted by molar-refractivity contribution is 7.80. The average Bonchev–Trinajstić information content (AvgIpc) is 2.85. The number of rotatable bonds is 6. The number of methoxy groups -OCH3 is 2. The molecule has 35 heavy (non-hydrogen) atoms. The van der Waals surface area contributed by atoms with Gasteiger partial charge >= 0.3 is 0 Å². The summed E-state index contributed by atoms with van der Waals surface area (Å²) < 4.78 is 30.1. The number of carbonyl (C=O) groups excluding carboxylic acids is 1. The number of ether oxygens (including phenoxy) is 3. The number of benzene rings is 3. The van der Waals surface area contributed by atoms with Gasteiger partial charge in [0, 0.05) is 29.3 Å². The van der Waals surface area contributed by atoms with Crippen LogP contribution < -0.4 is 24.8 Å². The summed E-state index contributed by atoms with van der Waals surface area (Å²) in [4.78, 5) is 16.6. The molecule has 2 N–H and O–H groups in total. The van der Waals surface area contributed by atoms with E-state index in [-0.39, 0.29) is 10.7 Å². The third kappa shape index (κ3) is 5.59. The van der Waals surface area contributed by atoms with Crippen molar-refractivity contribution in [2.45, 2.75) is 0 Å². The van der Waals surface area contributed by atoms with E-state index in [4.69, 9.17) is 38.0 Å². The first-order valence-electron chi connectivity index (χ1n) is 10.2. The molecule has 0 spiro atoms. The van der Waals surface area contributed by atoms with Crippen LogP contribution in [0.5, 0.6) is 23.0 Å². The van der Waals surface area contributed by atoms with Gasteiger partial charge in [0.25, 0.3) is 5.91 Å². The Morgan fingerprint density at radius 1 is 1.00 bits per heavy atom. The molecule has 10 heteroatoms. The highest BCUT2D eigenvalue weighted by Crippen LogP contribution is 2.37. The summed E-state index contributed by atoms with van der Waals surface area (Å²) in [7, 11) is 3.11. The Bertz CT molecular complexity index is 1430. The van der Waals surface area contributed by atoms with Crippen molar-refractivity contribution in [3.63, 3.8) is 0 Å².